The minimum atomic E-state index is -0.0989. The highest BCUT2D eigenvalue weighted by molar-refractivity contribution is 9.10. The molecule has 100 valence electrons. The highest BCUT2D eigenvalue weighted by atomic mass is 79.9. The van der Waals surface area contributed by atoms with E-state index in [-0.39, 0.29) is 17.9 Å². The lowest BCUT2D eigenvalue weighted by Gasteiger charge is -2.14. The zero-order chi connectivity index (χ0) is 13.0. The molecule has 1 fully saturated rings. The van der Waals surface area contributed by atoms with Crippen LogP contribution in [0.15, 0.2) is 16.9 Å². The van der Waals surface area contributed by atoms with Crippen LogP contribution < -0.4 is 5.32 Å². The topological polar surface area (TPSA) is 56.2 Å². The van der Waals surface area contributed by atoms with Gasteiger partial charge in [-0.05, 0) is 28.8 Å². The molecule has 1 N–H and O–H groups in total. The van der Waals surface area contributed by atoms with E-state index in [1.807, 2.05) is 13.1 Å². The van der Waals surface area contributed by atoms with Gasteiger partial charge in [0.15, 0.2) is 0 Å². The third kappa shape index (κ3) is 3.81. The number of carbonyl (C=O) groups is 1. The number of nitrogens with zero attached hydrogens (tertiary/aromatic N) is 2. The number of halogens is 1. The standard InChI is InChI=1S/C12H18BrN3O2/c1-9(7-16-8-10(13)5-15-16)12(17)14-6-11-3-2-4-18-11/h5,8-9,11H,2-4,6-7H2,1H3,(H,14,17)/t9-,11-/m0/s1. The number of ether oxygens (including phenoxy) is 1. The van der Waals surface area contributed by atoms with Crippen molar-refractivity contribution in [2.45, 2.75) is 32.4 Å². The van der Waals surface area contributed by atoms with Gasteiger partial charge >= 0.3 is 0 Å². The van der Waals surface area contributed by atoms with Crippen LogP contribution in [0.1, 0.15) is 19.8 Å². The maximum Gasteiger partial charge on any atom is 0.224 e. The summed E-state index contributed by atoms with van der Waals surface area (Å²) in [7, 11) is 0. The average molecular weight is 316 g/mol. The van der Waals surface area contributed by atoms with E-state index >= 15 is 0 Å². The predicted octanol–water partition coefficient (Wildman–Crippen LogP) is 1.58. The number of hydrogen-bond donors (Lipinski definition) is 1. The molecular weight excluding hydrogens is 298 g/mol. The van der Waals surface area contributed by atoms with Crippen molar-refractivity contribution in [1.82, 2.24) is 15.1 Å². The van der Waals surface area contributed by atoms with Crippen LogP contribution in [0.25, 0.3) is 0 Å². The molecule has 1 aliphatic heterocycles. The minimum Gasteiger partial charge on any atom is -0.376 e. The van der Waals surface area contributed by atoms with Crippen LogP contribution in [0.2, 0.25) is 0 Å². The molecule has 0 saturated carbocycles. The Bertz CT molecular complexity index is 402. The highest BCUT2D eigenvalue weighted by Gasteiger charge is 2.19. The van der Waals surface area contributed by atoms with Crippen molar-refractivity contribution in [2.24, 2.45) is 5.92 Å². The summed E-state index contributed by atoms with van der Waals surface area (Å²) in [6.45, 7) is 3.92. The summed E-state index contributed by atoms with van der Waals surface area (Å²) in [6.07, 6.45) is 5.92. The molecule has 2 rings (SSSR count). The maximum absolute atomic E-state index is 11.9. The lowest BCUT2D eigenvalue weighted by Crippen LogP contribution is -2.36. The van der Waals surface area contributed by atoms with E-state index in [2.05, 4.69) is 26.3 Å². The van der Waals surface area contributed by atoms with Gasteiger partial charge in [-0.15, -0.1) is 0 Å². The van der Waals surface area contributed by atoms with Crippen molar-refractivity contribution in [2.75, 3.05) is 13.2 Å². The Morgan fingerprint density at radius 1 is 1.78 bits per heavy atom. The number of carbonyl (C=O) groups excluding carboxylic acids is 1. The Kier molecular flexibility index (Phi) is 4.77. The molecule has 0 aromatic carbocycles. The Morgan fingerprint density at radius 2 is 2.61 bits per heavy atom. The fraction of sp³-hybridized carbons (Fsp3) is 0.667. The van der Waals surface area contributed by atoms with Crippen LogP contribution >= 0.6 is 15.9 Å². The number of rotatable bonds is 5. The molecule has 6 heteroatoms. The quantitative estimate of drug-likeness (QED) is 0.897. The lowest BCUT2D eigenvalue weighted by molar-refractivity contribution is -0.125. The van der Waals surface area contributed by atoms with Crippen LogP contribution in [-0.2, 0) is 16.1 Å². The van der Waals surface area contributed by atoms with E-state index in [0.717, 1.165) is 23.9 Å². The van der Waals surface area contributed by atoms with E-state index in [0.29, 0.717) is 13.1 Å². The van der Waals surface area contributed by atoms with Gasteiger partial charge in [0.1, 0.15) is 0 Å². The monoisotopic (exact) mass is 315 g/mol. The van der Waals surface area contributed by atoms with Gasteiger partial charge in [-0.2, -0.15) is 5.10 Å². The van der Waals surface area contributed by atoms with Crippen molar-refractivity contribution in [3.63, 3.8) is 0 Å². The largest absolute Gasteiger partial charge is 0.376 e. The van der Waals surface area contributed by atoms with Gasteiger partial charge in [0, 0.05) is 19.3 Å². The smallest absolute Gasteiger partial charge is 0.224 e. The summed E-state index contributed by atoms with van der Waals surface area (Å²) in [5.74, 6) is -0.0460. The van der Waals surface area contributed by atoms with Crippen molar-refractivity contribution in [1.29, 1.82) is 0 Å². The second-order valence-electron chi connectivity index (χ2n) is 4.66. The molecule has 2 heterocycles. The van der Waals surface area contributed by atoms with Gasteiger partial charge in [-0.25, -0.2) is 0 Å². The second-order valence-corrected chi connectivity index (χ2v) is 5.58. The summed E-state index contributed by atoms with van der Waals surface area (Å²) in [5, 5.41) is 7.08. The third-order valence-electron chi connectivity index (χ3n) is 3.04. The molecule has 1 aliphatic rings. The molecule has 1 saturated heterocycles. The molecule has 0 spiro atoms. The van der Waals surface area contributed by atoms with Crippen LogP contribution in [0, 0.1) is 5.92 Å². The molecule has 1 aromatic heterocycles. The molecule has 5 nitrogen and oxygen atoms in total. The molecule has 0 unspecified atom stereocenters. The fourth-order valence-corrected chi connectivity index (χ4v) is 2.32. The van der Waals surface area contributed by atoms with Gasteiger partial charge in [0.05, 0.1) is 29.2 Å². The third-order valence-corrected chi connectivity index (χ3v) is 3.45. The molecule has 0 bridgehead atoms. The van der Waals surface area contributed by atoms with Gasteiger partial charge in [0.25, 0.3) is 0 Å². The predicted molar refractivity (Wildman–Crippen MR) is 71.1 cm³/mol. The first-order valence-corrected chi connectivity index (χ1v) is 7.01. The highest BCUT2D eigenvalue weighted by Crippen LogP contribution is 2.11. The normalized spacial score (nSPS) is 20.9. The summed E-state index contributed by atoms with van der Waals surface area (Å²) < 4.78 is 8.16. The van der Waals surface area contributed by atoms with Crippen LogP contribution in [0.3, 0.4) is 0 Å². The van der Waals surface area contributed by atoms with Gasteiger partial charge in [-0.1, -0.05) is 6.92 Å². The number of aromatic nitrogens is 2. The lowest BCUT2D eigenvalue weighted by atomic mass is 10.1. The summed E-state index contributed by atoms with van der Waals surface area (Å²) >= 11 is 3.33. The number of amides is 1. The fourth-order valence-electron chi connectivity index (χ4n) is 2.00. The zero-order valence-corrected chi connectivity index (χ0v) is 12.0. The summed E-state index contributed by atoms with van der Waals surface area (Å²) in [5.41, 5.74) is 0. The van der Waals surface area contributed by atoms with E-state index in [4.69, 9.17) is 4.74 Å². The van der Waals surface area contributed by atoms with Crippen LogP contribution in [-0.4, -0.2) is 34.9 Å². The molecule has 2 atom stereocenters. The van der Waals surface area contributed by atoms with Crippen molar-refractivity contribution < 1.29 is 9.53 Å². The zero-order valence-electron chi connectivity index (χ0n) is 10.4. The first-order valence-electron chi connectivity index (χ1n) is 6.22. The SMILES string of the molecule is C[C@@H](Cn1cc(Br)cn1)C(=O)NC[C@@H]1CCCO1. The van der Waals surface area contributed by atoms with Crippen molar-refractivity contribution >= 4 is 21.8 Å². The van der Waals surface area contributed by atoms with E-state index in [9.17, 15) is 4.79 Å². The maximum atomic E-state index is 11.9. The van der Waals surface area contributed by atoms with Gasteiger partial charge < -0.3 is 10.1 Å². The van der Waals surface area contributed by atoms with E-state index in [1.54, 1.807) is 10.9 Å². The Morgan fingerprint density at radius 3 is 3.22 bits per heavy atom. The van der Waals surface area contributed by atoms with Crippen LogP contribution in [0.5, 0.6) is 0 Å². The number of nitrogens with one attached hydrogen (secondary N) is 1. The Balaban J connectivity index is 1.74. The van der Waals surface area contributed by atoms with Gasteiger partial charge in [0.2, 0.25) is 5.91 Å². The second kappa shape index (κ2) is 6.33. The van der Waals surface area contributed by atoms with E-state index < -0.39 is 0 Å². The molecule has 1 aromatic rings. The minimum absolute atomic E-state index is 0.0529. The summed E-state index contributed by atoms with van der Waals surface area (Å²) in [4.78, 5) is 11.9. The number of hydrogen-bond acceptors (Lipinski definition) is 3. The summed E-state index contributed by atoms with van der Waals surface area (Å²) in [6, 6.07) is 0. The molecule has 0 aliphatic carbocycles. The Labute approximate surface area is 115 Å². The van der Waals surface area contributed by atoms with Crippen LogP contribution in [0.4, 0.5) is 0 Å². The molecular formula is C12H18BrN3O2. The van der Waals surface area contributed by atoms with E-state index in [1.165, 1.54) is 0 Å². The first kappa shape index (κ1) is 13.5. The average Bonchev–Trinajstić information content (AvgIpc) is 2.97. The Hall–Kier alpha value is -0.880. The van der Waals surface area contributed by atoms with Crippen molar-refractivity contribution in [3.8, 4) is 0 Å². The first-order chi connectivity index (χ1) is 8.65. The molecule has 18 heavy (non-hydrogen) atoms. The van der Waals surface area contributed by atoms with Crippen molar-refractivity contribution in [3.05, 3.63) is 16.9 Å². The van der Waals surface area contributed by atoms with Gasteiger partial charge in [-0.3, -0.25) is 9.48 Å². The molecule has 1 amide bonds. The molecule has 0 radical (unpaired) electrons.